The first-order chi connectivity index (χ1) is 18.1. The Morgan fingerprint density at radius 3 is 2.32 bits per heavy atom. The molecular weight excluding hydrogens is 464 g/mol. The number of nitrogens with one attached hydrogen (secondary N) is 1. The third kappa shape index (κ3) is 6.84. The molecule has 3 aromatic rings. The molecule has 8 nitrogen and oxygen atoms in total. The van der Waals surface area contributed by atoms with Crippen LogP contribution in [0.4, 0.5) is 10.6 Å². The zero-order valence-electron chi connectivity index (χ0n) is 21.7. The molecule has 1 saturated heterocycles. The molecule has 4 rings (SSSR count). The average molecular weight is 501 g/mol. The van der Waals surface area contributed by atoms with Gasteiger partial charge in [0, 0.05) is 38.3 Å². The van der Waals surface area contributed by atoms with Crippen LogP contribution in [0.5, 0.6) is 0 Å². The van der Waals surface area contributed by atoms with E-state index in [0.717, 1.165) is 42.0 Å². The van der Waals surface area contributed by atoms with Gasteiger partial charge in [-0.15, -0.1) is 10.2 Å². The van der Waals surface area contributed by atoms with Gasteiger partial charge in [0.2, 0.25) is 5.91 Å². The van der Waals surface area contributed by atoms with Gasteiger partial charge < -0.3 is 20.0 Å². The molecule has 3 amide bonds. The Balaban J connectivity index is 1.39. The first kappa shape index (κ1) is 26.1. The number of rotatable bonds is 8. The van der Waals surface area contributed by atoms with E-state index in [0.29, 0.717) is 26.2 Å². The number of nitrogens with zero attached hydrogens (tertiary/aromatic N) is 5. The molecule has 37 heavy (non-hydrogen) atoms. The number of aromatic nitrogens is 2. The number of carbonyl (C=O) groups is 2. The summed E-state index contributed by atoms with van der Waals surface area (Å²) in [6.07, 6.45) is 1.66. The molecule has 0 radical (unpaired) electrons. The van der Waals surface area contributed by atoms with Crippen molar-refractivity contribution in [3.63, 3.8) is 0 Å². The molecule has 0 aliphatic carbocycles. The quantitative estimate of drug-likeness (QED) is 0.497. The van der Waals surface area contributed by atoms with Crippen LogP contribution in [-0.2, 0) is 4.79 Å². The fourth-order valence-corrected chi connectivity index (χ4v) is 4.53. The summed E-state index contributed by atoms with van der Waals surface area (Å²) in [4.78, 5) is 32.0. The first-order valence-corrected chi connectivity index (χ1v) is 13.1. The maximum absolute atomic E-state index is 13.4. The van der Waals surface area contributed by atoms with E-state index in [-0.39, 0.29) is 24.5 Å². The summed E-state index contributed by atoms with van der Waals surface area (Å²) in [5, 5.41) is 11.8. The number of hydrogen-bond acceptors (Lipinski definition) is 5. The molecule has 8 heteroatoms. The molecule has 0 spiro atoms. The molecule has 0 saturated carbocycles. The molecule has 1 atom stereocenters. The van der Waals surface area contributed by atoms with Gasteiger partial charge in [0.25, 0.3) is 0 Å². The molecule has 1 aliphatic rings. The summed E-state index contributed by atoms with van der Waals surface area (Å²) in [7, 11) is 0. The van der Waals surface area contributed by atoms with E-state index >= 15 is 0 Å². The highest BCUT2D eigenvalue weighted by Crippen LogP contribution is 2.22. The monoisotopic (exact) mass is 500 g/mol. The van der Waals surface area contributed by atoms with Gasteiger partial charge in [0.15, 0.2) is 5.82 Å². The topological polar surface area (TPSA) is 81.7 Å². The second kappa shape index (κ2) is 12.9. The van der Waals surface area contributed by atoms with Crippen molar-refractivity contribution >= 4 is 17.8 Å². The van der Waals surface area contributed by atoms with E-state index in [4.69, 9.17) is 0 Å². The van der Waals surface area contributed by atoms with Crippen LogP contribution in [0, 0.1) is 0 Å². The summed E-state index contributed by atoms with van der Waals surface area (Å²) < 4.78 is 0. The van der Waals surface area contributed by atoms with Gasteiger partial charge in [-0.05, 0) is 37.5 Å². The van der Waals surface area contributed by atoms with Crippen LogP contribution in [0.15, 0.2) is 72.8 Å². The van der Waals surface area contributed by atoms with Crippen molar-refractivity contribution in [3.8, 4) is 11.3 Å². The molecule has 1 fully saturated rings. The second-order valence-electron chi connectivity index (χ2n) is 9.31. The fourth-order valence-electron chi connectivity index (χ4n) is 4.53. The molecule has 0 bridgehead atoms. The Hall–Kier alpha value is -3.94. The van der Waals surface area contributed by atoms with Crippen LogP contribution in [0.2, 0.25) is 0 Å². The van der Waals surface area contributed by atoms with Gasteiger partial charge in [-0.1, -0.05) is 67.6 Å². The molecule has 1 aliphatic heterocycles. The number of hydrogen-bond donors (Lipinski definition) is 1. The number of amides is 3. The standard InChI is InChI=1S/C29H36N6O2/c1-3-17-30-29(37)35(23(2)24-11-6-4-7-12-24)22-28(36)34-19-10-18-33(20-21-34)27-16-15-26(31-32-27)25-13-8-5-9-14-25/h4-9,11-16,23H,3,10,17-22H2,1-2H3,(H,30,37)/t23-/m1/s1. The number of carbonyl (C=O) groups excluding carboxylic acids is 2. The van der Waals surface area contributed by atoms with Crippen LogP contribution >= 0.6 is 0 Å². The Kier molecular flexibility index (Phi) is 9.08. The van der Waals surface area contributed by atoms with Crippen molar-refractivity contribution < 1.29 is 9.59 Å². The highest BCUT2D eigenvalue weighted by Gasteiger charge is 2.27. The van der Waals surface area contributed by atoms with Crippen LogP contribution in [0.25, 0.3) is 11.3 Å². The number of anilines is 1. The molecule has 1 N–H and O–H groups in total. The van der Waals surface area contributed by atoms with E-state index in [2.05, 4.69) is 20.4 Å². The van der Waals surface area contributed by atoms with E-state index in [1.54, 1.807) is 4.90 Å². The number of benzene rings is 2. The lowest BCUT2D eigenvalue weighted by Gasteiger charge is -2.31. The van der Waals surface area contributed by atoms with Crippen LogP contribution < -0.4 is 10.2 Å². The van der Waals surface area contributed by atoms with Gasteiger partial charge in [-0.25, -0.2) is 4.79 Å². The summed E-state index contributed by atoms with van der Waals surface area (Å²) in [5.74, 6) is 0.772. The van der Waals surface area contributed by atoms with Crippen molar-refractivity contribution in [2.75, 3.05) is 44.2 Å². The highest BCUT2D eigenvalue weighted by molar-refractivity contribution is 5.84. The largest absolute Gasteiger partial charge is 0.353 e. The molecular formula is C29H36N6O2. The van der Waals surface area contributed by atoms with E-state index in [9.17, 15) is 9.59 Å². The lowest BCUT2D eigenvalue weighted by atomic mass is 10.1. The van der Waals surface area contributed by atoms with Gasteiger partial charge in [0.05, 0.1) is 11.7 Å². The lowest BCUT2D eigenvalue weighted by molar-refractivity contribution is -0.132. The Morgan fingerprint density at radius 1 is 0.919 bits per heavy atom. The molecule has 0 unspecified atom stereocenters. The van der Waals surface area contributed by atoms with Crippen molar-refractivity contribution in [1.82, 2.24) is 25.3 Å². The van der Waals surface area contributed by atoms with Crippen molar-refractivity contribution in [2.45, 2.75) is 32.7 Å². The SMILES string of the molecule is CCCNC(=O)N(CC(=O)N1CCCN(c2ccc(-c3ccccc3)nn2)CC1)[C@H](C)c1ccccc1. The maximum Gasteiger partial charge on any atom is 0.318 e. The van der Waals surface area contributed by atoms with Crippen LogP contribution in [0.3, 0.4) is 0 Å². The van der Waals surface area contributed by atoms with Crippen molar-refractivity contribution in [2.24, 2.45) is 0 Å². The van der Waals surface area contributed by atoms with E-state index in [1.165, 1.54) is 0 Å². The van der Waals surface area contributed by atoms with Crippen molar-refractivity contribution in [1.29, 1.82) is 0 Å². The first-order valence-electron chi connectivity index (χ1n) is 13.1. The Labute approximate surface area is 219 Å². The summed E-state index contributed by atoms with van der Waals surface area (Å²) >= 11 is 0. The average Bonchev–Trinajstić information content (AvgIpc) is 3.22. The zero-order valence-corrected chi connectivity index (χ0v) is 21.7. The highest BCUT2D eigenvalue weighted by atomic mass is 16.2. The van der Waals surface area contributed by atoms with Gasteiger partial charge >= 0.3 is 6.03 Å². The second-order valence-corrected chi connectivity index (χ2v) is 9.31. The molecule has 1 aromatic heterocycles. The minimum Gasteiger partial charge on any atom is -0.353 e. The number of urea groups is 1. The van der Waals surface area contributed by atoms with Gasteiger partial charge in [-0.2, -0.15) is 0 Å². The zero-order chi connectivity index (χ0) is 26.0. The molecule has 2 heterocycles. The predicted molar refractivity (Wildman–Crippen MR) is 146 cm³/mol. The Morgan fingerprint density at radius 2 is 1.65 bits per heavy atom. The molecule has 2 aromatic carbocycles. The summed E-state index contributed by atoms with van der Waals surface area (Å²) in [6, 6.07) is 23.4. The van der Waals surface area contributed by atoms with Crippen LogP contribution in [0.1, 0.15) is 38.3 Å². The van der Waals surface area contributed by atoms with E-state index in [1.807, 2.05) is 91.5 Å². The smallest absolute Gasteiger partial charge is 0.318 e. The van der Waals surface area contributed by atoms with Crippen molar-refractivity contribution in [3.05, 3.63) is 78.4 Å². The normalized spacial score (nSPS) is 14.5. The maximum atomic E-state index is 13.4. The fraction of sp³-hybridized carbons (Fsp3) is 0.379. The lowest BCUT2D eigenvalue weighted by Crippen LogP contribution is -2.48. The van der Waals surface area contributed by atoms with Gasteiger partial charge in [-0.3, -0.25) is 4.79 Å². The minimum atomic E-state index is -0.219. The summed E-state index contributed by atoms with van der Waals surface area (Å²) in [5.41, 5.74) is 2.87. The van der Waals surface area contributed by atoms with E-state index < -0.39 is 0 Å². The van der Waals surface area contributed by atoms with Gasteiger partial charge in [0.1, 0.15) is 6.54 Å². The predicted octanol–water partition coefficient (Wildman–Crippen LogP) is 4.37. The Bertz CT molecular complexity index is 1140. The third-order valence-electron chi connectivity index (χ3n) is 6.73. The molecule has 194 valence electrons. The van der Waals surface area contributed by atoms with Crippen LogP contribution in [-0.4, -0.2) is 71.2 Å². The summed E-state index contributed by atoms with van der Waals surface area (Å²) in [6.45, 7) is 7.28. The third-order valence-corrected chi connectivity index (χ3v) is 6.73. The minimum absolute atomic E-state index is 0.0389.